The van der Waals surface area contributed by atoms with E-state index in [4.69, 9.17) is 4.74 Å². The Morgan fingerprint density at radius 1 is 1.42 bits per heavy atom. The molecule has 0 aromatic carbocycles. The normalized spacial score (nSPS) is 20.5. The second kappa shape index (κ2) is 7.20. The van der Waals surface area contributed by atoms with Gasteiger partial charge in [0.1, 0.15) is 17.5 Å². The average molecular weight is 333 g/mol. The number of carbonyl (C=O) groups is 2. The second-order valence-electron chi connectivity index (χ2n) is 7.07. The van der Waals surface area contributed by atoms with Crippen molar-refractivity contribution in [3.8, 4) is 0 Å². The van der Waals surface area contributed by atoms with E-state index in [1.807, 2.05) is 39.8 Å². The highest BCUT2D eigenvalue weighted by Gasteiger charge is 2.38. The zero-order chi connectivity index (χ0) is 17.9. The smallest absolute Gasteiger partial charge is 0.416 e. The molecule has 0 spiro atoms. The van der Waals surface area contributed by atoms with Crippen LogP contribution in [0.3, 0.4) is 0 Å². The standard InChI is InChI=1S/C18H27N3O3/c1-6-20(5)16(22)14-12-21(17(23)24-18(2,3)4)15(19-14)13-10-8-7-9-11-13/h7-8,10,14H,6,9,11-12H2,1-5H3. The van der Waals surface area contributed by atoms with Crippen molar-refractivity contribution >= 4 is 17.8 Å². The number of hydrogen-bond donors (Lipinski definition) is 0. The Kier molecular flexibility index (Phi) is 5.47. The fourth-order valence-corrected chi connectivity index (χ4v) is 2.58. The van der Waals surface area contributed by atoms with Gasteiger partial charge in [0.15, 0.2) is 0 Å². The molecule has 24 heavy (non-hydrogen) atoms. The number of nitrogens with zero attached hydrogens (tertiary/aromatic N) is 3. The minimum absolute atomic E-state index is 0.0759. The minimum Gasteiger partial charge on any atom is -0.443 e. The molecule has 6 heteroatoms. The van der Waals surface area contributed by atoms with Crippen LogP contribution >= 0.6 is 0 Å². The number of amidine groups is 1. The van der Waals surface area contributed by atoms with Crippen molar-refractivity contribution in [3.63, 3.8) is 0 Å². The van der Waals surface area contributed by atoms with Gasteiger partial charge in [0.2, 0.25) is 5.91 Å². The lowest BCUT2D eigenvalue weighted by molar-refractivity contribution is -0.130. The van der Waals surface area contributed by atoms with Crippen molar-refractivity contribution in [2.45, 2.75) is 52.2 Å². The van der Waals surface area contributed by atoms with Gasteiger partial charge < -0.3 is 9.64 Å². The zero-order valence-electron chi connectivity index (χ0n) is 15.2. The monoisotopic (exact) mass is 333 g/mol. The van der Waals surface area contributed by atoms with Crippen molar-refractivity contribution in [2.75, 3.05) is 20.1 Å². The molecule has 0 fully saturated rings. The maximum atomic E-state index is 12.6. The van der Waals surface area contributed by atoms with E-state index < -0.39 is 17.7 Å². The SMILES string of the molecule is CCN(C)C(=O)C1CN(C(=O)OC(C)(C)C)C(C2=CC=CCC2)=N1. The predicted octanol–water partition coefficient (Wildman–Crippen LogP) is 2.76. The summed E-state index contributed by atoms with van der Waals surface area (Å²) in [5, 5.41) is 0. The van der Waals surface area contributed by atoms with Gasteiger partial charge in [-0.1, -0.05) is 18.2 Å². The number of hydrogen-bond acceptors (Lipinski definition) is 4. The fourth-order valence-electron chi connectivity index (χ4n) is 2.58. The molecule has 6 nitrogen and oxygen atoms in total. The first-order valence-electron chi connectivity index (χ1n) is 8.42. The van der Waals surface area contributed by atoms with Gasteiger partial charge in [0.25, 0.3) is 0 Å². The largest absolute Gasteiger partial charge is 0.443 e. The molecule has 1 aliphatic heterocycles. The van der Waals surface area contributed by atoms with Gasteiger partial charge in [0, 0.05) is 13.6 Å². The third kappa shape index (κ3) is 4.24. The lowest BCUT2D eigenvalue weighted by atomic mass is 10.0. The van der Waals surface area contributed by atoms with Crippen molar-refractivity contribution in [1.82, 2.24) is 9.80 Å². The average Bonchev–Trinajstić information content (AvgIpc) is 2.98. The first-order valence-corrected chi connectivity index (χ1v) is 8.42. The van der Waals surface area contributed by atoms with Crippen LogP contribution in [0.15, 0.2) is 28.8 Å². The Balaban J connectivity index is 2.27. The van der Waals surface area contributed by atoms with Crippen LogP contribution < -0.4 is 0 Å². The van der Waals surface area contributed by atoms with E-state index in [2.05, 4.69) is 11.1 Å². The molecule has 0 radical (unpaired) electrons. The molecule has 1 aliphatic carbocycles. The number of likely N-dealkylation sites (N-methyl/N-ethyl adjacent to an activating group) is 1. The van der Waals surface area contributed by atoms with Gasteiger partial charge in [-0.3, -0.25) is 14.7 Å². The number of amides is 2. The predicted molar refractivity (Wildman–Crippen MR) is 93.9 cm³/mol. The molecule has 2 amide bonds. The van der Waals surface area contributed by atoms with E-state index in [0.29, 0.717) is 12.4 Å². The number of allylic oxidation sites excluding steroid dienone is 3. The Hall–Kier alpha value is -2.11. The first kappa shape index (κ1) is 18.2. The molecule has 0 aromatic heterocycles. The van der Waals surface area contributed by atoms with Gasteiger partial charge in [-0.15, -0.1) is 0 Å². The van der Waals surface area contributed by atoms with Crippen LogP contribution in [0.1, 0.15) is 40.5 Å². The van der Waals surface area contributed by atoms with Crippen molar-refractivity contribution in [3.05, 3.63) is 23.8 Å². The van der Waals surface area contributed by atoms with Gasteiger partial charge in [-0.2, -0.15) is 0 Å². The summed E-state index contributed by atoms with van der Waals surface area (Å²) in [5.41, 5.74) is 0.378. The van der Waals surface area contributed by atoms with Crippen molar-refractivity contribution in [2.24, 2.45) is 4.99 Å². The highest BCUT2D eigenvalue weighted by molar-refractivity contribution is 6.09. The van der Waals surface area contributed by atoms with E-state index >= 15 is 0 Å². The van der Waals surface area contributed by atoms with Crippen LogP contribution in [0.5, 0.6) is 0 Å². The number of rotatable bonds is 3. The summed E-state index contributed by atoms with van der Waals surface area (Å²) in [4.78, 5) is 32.7. The van der Waals surface area contributed by atoms with Crippen molar-refractivity contribution in [1.29, 1.82) is 0 Å². The Bertz CT molecular complexity index is 599. The Morgan fingerprint density at radius 2 is 2.12 bits per heavy atom. The quantitative estimate of drug-likeness (QED) is 0.798. The molecule has 1 unspecified atom stereocenters. The summed E-state index contributed by atoms with van der Waals surface area (Å²) in [6.45, 7) is 8.24. The van der Waals surface area contributed by atoms with Gasteiger partial charge in [-0.25, -0.2) is 4.79 Å². The number of carbonyl (C=O) groups excluding carboxylic acids is 2. The maximum absolute atomic E-state index is 12.6. The van der Waals surface area contributed by atoms with Crippen LogP contribution in [0.2, 0.25) is 0 Å². The third-order valence-electron chi connectivity index (χ3n) is 3.94. The second-order valence-corrected chi connectivity index (χ2v) is 7.07. The molecule has 0 aromatic rings. The van der Waals surface area contributed by atoms with Crippen LogP contribution in [0.4, 0.5) is 4.79 Å². The highest BCUT2D eigenvalue weighted by atomic mass is 16.6. The summed E-state index contributed by atoms with van der Waals surface area (Å²) in [6.07, 6.45) is 7.24. The van der Waals surface area contributed by atoms with Crippen LogP contribution in [0.25, 0.3) is 0 Å². The Labute approximate surface area is 143 Å². The molecule has 2 aliphatic rings. The fraction of sp³-hybridized carbons (Fsp3) is 0.611. The molecule has 0 saturated carbocycles. The van der Waals surface area contributed by atoms with E-state index in [1.54, 1.807) is 11.9 Å². The lowest BCUT2D eigenvalue weighted by Gasteiger charge is -2.26. The van der Waals surface area contributed by atoms with Crippen LogP contribution in [0, 0.1) is 0 Å². The van der Waals surface area contributed by atoms with Crippen molar-refractivity contribution < 1.29 is 14.3 Å². The molecule has 2 rings (SSSR count). The molecule has 0 bridgehead atoms. The van der Waals surface area contributed by atoms with E-state index in [-0.39, 0.29) is 12.5 Å². The van der Waals surface area contributed by atoms with Crippen LogP contribution in [-0.2, 0) is 9.53 Å². The van der Waals surface area contributed by atoms with E-state index in [9.17, 15) is 9.59 Å². The lowest BCUT2D eigenvalue weighted by Crippen LogP contribution is -2.43. The molecule has 1 atom stereocenters. The topological polar surface area (TPSA) is 62.2 Å². The summed E-state index contributed by atoms with van der Waals surface area (Å²) in [6, 6.07) is -0.565. The molecule has 132 valence electrons. The molecule has 1 heterocycles. The summed E-state index contributed by atoms with van der Waals surface area (Å²) >= 11 is 0. The van der Waals surface area contributed by atoms with Crippen LogP contribution in [-0.4, -0.2) is 59.4 Å². The van der Waals surface area contributed by atoms with Gasteiger partial charge >= 0.3 is 6.09 Å². The zero-order valence-corrected chi connectivity index (χ0v) is 15.2. The molecule has 0 saturated heterocycles. The summed E-state index contributed by atoms with van der Waals surface area (Å²) in [5.74, 6) is 0.490. The highest BCUT2D eigenvalue weighted by Crippen LogP contribution is 2.24. The maximum Gasteiger partial charge on any atom is 0.416 e. The summed E-state index contributed by atoms with van der Waals surface area (Å²) in [7, 11) is 1.75. The molecule has 0 N–H and O–H groups in total. The summed E-state index contributed by atoms with van der Waals surface area (Å²) < 4.78 is 5.49. The number of aliphatic imine (C=N–C) groups is 1. The Morgan fingerprint density at radius 3 is 2.67 bits per heavy atom. The molecular formula is C18H27N3O3. The van der Waals surface area contributed by atoms with E-state index in [1.165, 1.54) is 4.90 Å². The number of ether oxygens (including phenoxy) is 1. The van der Waals surface area contributed by atoms with E-state index in [0.717, 1.165) is 18.4 Å². The third-order valence-corrected chi connectivity index (χ3v) is 3.94. The minimum atomic E-state index is -0.592. The first-order chi connectivity index (χ1) is 11.2. The molecular weight excluding hydrogens is 306 g/mol. The van der Waals surface area contributed by atoms with Gasteiger partial charge in [0.05, 0.1) is 6.54 Å². The van der Waals surface area contributed by atoms with Gasteiger partial charge in [-0.05, 0) is 46.1 Å².